The lowest BCUT2D eigenvalue weighted by atomic mass is 10.0. The van der Waals surface area contributed by atoms with E-state index < -0.39 is 12.1 Å². The third-order valence-corrected chi connectivity index (χ3v) is 3.78. The molecule has 25 heavy (non-hydrogen) atoms. The minimum absolute atomic E-state index is 0.0649. The van der Waals surface area contributed by atoms with Crippen LogP contribution in [0.5, 0.6) is 0 Å². The third kappa shape index (κ3) is 6.08. The maximum Gasteiger partial charge on any atom is 0.319 e. The molecule has 1 atom stereocenters. The number of carbonyl (C=O) groups excluding carboxylic acids is 2. The van der Waals surface area contributed by atoms with Crippen LogP contribution in [0, 0.1) is 5.92 Å². The van der Waals surface area contributed by atoms with Crippen molar-refractivity contribution in [3.63, 3.8) is 0 Å². The molecule has 2 rings (SSSR count). The fourth-order valence-electron chi connectivity index (χ4n) is 2.18. The normalized spacial score (nSPS) is 11.7. The van der Waals surface area contributed by atoms with Crippen molar-refractivity contribution < 1.29 is 9.59 Å². The number of nitrogens with one attached hydrogen (secondary N) is 3. The molecular weight excluding hydrogens is 340 g/mol. The van der Waals surface area contributed by atoms with Crippen molar-refractivity contribution >= 4 is 29.2 Å². The molecule has 132 valence electrons. The largest absolute Gasteiger partial charge is 0.350 e. The molecule has 0 saturated carbocycles. The van der Waals surface area contributed by atoms with Crippen molar-refractivity contribution in [1.29, 1.82) is 0 Å². The molecule has 1 aromatic carbocycles. The van der Waals surface area contributed by atoms with Crippen molar-refractivity contribution in [3.05, 3.63) is 59.4 Å². The zero-order valence-corrected chi connectivity index (χ0v) is 14.9. The van der Waals surface area contributed by atoms with Crippen LogP contribution < -0.4 is 16.0 Å². The molecule has 0 radical (unpaired) electrons. The van der Waals surface area contributed by atoms with Gasteiger partial charge in [-0.15, -0.1) is 0 Å². The number of rotatable bonds is 6. The van der Waals surface area contributed by atoms with Gasteiger partial charge >= 0.3 is 6.03 Å². The van der Waals surface area contributed by atoms with E-state index in [4.69, 9.17) is 11.6 Å². The maximum absolute atomic E-state index is 12.4. The highest BCUT2D eigenvalue weighted by molar-refractivity contribution is 6.30. The number of amides is 3. The van der Waals surface area contributed by atoms with Gasteiger partial charge in [0.2, 0.25) is 5.91 Å². The monoisotopic (exact) mass is 360 g/mol. The molecule has 2 aromatic rings. The summed E-state index contributed by atoms with van der Waals surface area (Å²) in [6.45, 7) is 4.10. The van der Waals surface area contributed by atoms with E-state index >= 15 is 0 Å². The first-order valence-electron chi connectivity index (χ1n) is 7.95. The first-order valence-corrected chi connectivity index (χ1v) is 8.33. The van der Waals surface area contributed by atoms with Gasteiger partial charge in [-0.25, -0.2) is 4.79 Å². The highest BCUT2D eigenvalue weighted by Gasteiger charge is 2.24. The lowest BCUT2D eigenvalue weighted by Crippen LogP contribution is -2.50. The van der Waals surface area contributed by atoms with Crippen LogP contribution >= 0.6 is 11.6 Å². The van der Waals surface area contributed by atoms with Gasteiger partial charge in [-0.3, -0.25) is 9.78 Å². The molecule has 3 amide bonds. The lowest BCUT2D eigenvalue weighted by molar-refractivity contribution is -0.124. The molecule has 0 bridgehead atoms. The number of benzene rings is 1. The summed E-state index contributed by atoms with van der Waals surface area (Å²) in [5.41, 5.74) is 1.49. The molecule has 0 aliphatic rings. The summed E-state index contributed by atoms with van der Waals surface area (Å²) in [5.74, 6) is -0.310. The Morgan fingerprint density at radius 1 is 1.16 bits per heavy atom. The van der Waals surface area contributed by atoms with Gasteiger partial charge in [0.1, 0.15) is 6.04 Å². The van der Waals surface area contributed by atoms with Gasteiger partial charge in [0.15, 0.2) is 0 Å². The van der Waals surface area contributed by atoms with Gasteiger partial charge < -0.3 is 16.0 Å². The summed E-state index contributed by atoms with van der Waals surface area (Å²) >= 11 is 5.82. The number of pyridine rings is 1. The van der Waals surface area contributed by atoms with Gasteiger partial charge in [-0.2, -0.15) is 0 Å². The van der Waals surface area contributed by atoms with Crippen LogP contribution in [0.1, 0.15) is 19.4 Å². The Hall–Kier alpha value is -2.60. The summed E-state index contributed by atoms with van der Waals surface area (Å²) in [5, 5.41) is 8.79. The summed E-state index contributed by atoms with van der Waals surface area (Å²) < 4.78 is 0. The summed E-state index contributed by atoms with van der Waals surface area (Å²) in [6.07, 6.45) is 3.36. The predicted octanol–water partition coefficient (Wildman–Crippen LogP) is 3.20. The number of urea groups is 1. The first-order chi connectivity index (χ1) is 12.0. The van der Waals surface area contributed by atoms with E-state index in [9.17, 15) is 9.59 Å². The fraction of sp³-hybridized carbons (Fsp3) is 0.278. The van der Waals surface area contributed by atoms with E-state index in [2.05, 4.69) is 20.9 Å². The van der Waals surface area contributed by atoms with E-state index in [0.29, 0.717) is 17.3 Å². The fourth-order valence-corrected chi connectivity index (χ4v) is 2.30. The average molecular weight is 361 g/mol. The van der Waals surface area contributed by atoms with E-state index in [1.165, 1.54) is 0 Å². The van der Waals surface area contributed by atoms with Gasteiger partial charge in [-0.1, -0.05) is 31.5 Å². The minimum Gasteiger partial charge on any atom is -0.350 e. The Morgan fingerprint density at radius 2 is 1.88 bits per heavy atom. The molecule has 0 aliphatic carbocycles. The van der Waals surface area contributed by atoms with E-state index in [1.807, 2.05) is 19.9 Å². The van der Waals surface area contributed by atoms with Crippen LogP contribution in [0.25, 0.3) is 0 Å². The number of hydrogen-bond acceptors (Lipinski definition) is 3. The quantitative estimate of drug-likeness (QED) is 0.739. The van der Waals surface area contributed by atoms with Crippen molar-refractivity contribution in [2.75, 3.05) is 5.32 Å². The summed E-state index contributed by atoms with van der Waals surface area (Å²) in [7, 11) is 0. The Bertz CT molecular complexity index is 705. The molecule has 6 nitrogen and oxygen atoms in total. The molecule has 1 aromatic heterocycles. The highest BCUT2D eigenvalue weighted by Crippen LogP contribution is 2.13. The van der Waals surface area contributed by atoms with E-state index in [1.54, 1.807) is 42.7 Å². The topological polar surface area (TPSA) is 83.1 Å². The number of halogens is 1. The smallest absolute Gasteiger partial charge is 0.319 e. The van der Waals surface area contributed by atoms with Crippen LogP contribution in [0.3, 0.4) is 0 Å². The molecule has 0 saturated heterocycles. The second kappa shape index (κ2) is 9.03. The molecule has 0 fully saturated rings. The van der Waals surface area contributed by atoms with Crippen molar-refractivity contribution in [1.82, 2.24) is 15.6 Å². The third-order valence-electron chi connectivity index (χ3n) is 3.53. The second-order valence-corrected chi connectivity index (χ2v) is 6.34. The van der Waals surface area contributed by atoms with Crippen LogP contribution in [0.2, 0.25) is 5.02 Å². The summed E-state index contributed by atoms with van der Waals surface area (Å²) in [6, 6.07) is 9.32. The first kappa shape index (κ1) is 18.7. The van der Waals surface area contributed by atoms with Crippen molar-refractivity contribution in [2.24, 2.45) is 5.92 Å². The van der Waals surface area contributed by atoms with Crippen molar-refractivity contribution in [3.8, 4) is 0 Å². The van der Waals surface area contributed by atoms with Crippen LogP contribution in [-0.4, -0.2) is 23.0 Å². The van der Waals surface area contributed by atoms with E-state index in [-0.39, 0.29) is 11.8 Å². The summed E-state index contributed by atoms with van der Waals surface area (Å²) in [4.78, 5) is 28.5. The molecular formula is C18H21ClN4O2. The Balaban J connectivity index is 1.91. The van der Waals surface area contributed by atoms with Gasteiger partial charge in [0.25, 0.3) is 0 Å². The zero-order chi connectivity index (χ0) is 18.2. The SMILES string of the molecule is CC(C)[C@@H](NC(=O)Nc1ccc(Cl)cc1)C(=O)NCc1cccnc1. The standard InChI is InChI=1S/C18H21ClN4O2/c1-12(2)16(17(24)21-11-13-4-3-9-20-10-13)23-18(25)22-15-7-5-14(19)6-8-15/h3-10,12,16H,11H2,1-2H3,(H,21,24)(H2,22,23,25)/t16-/m1/s1. The zero-order valence-electron chi connectivity index (χ0n) is 14.1. The minimum atomic E-state index is -0.649. The Labute approximate surface area is 152 Å². The predicted molar refractivity (Wildman–Crippen MR) is 98.3 cm³/mol. The number of anilines is 1. The second-order valence-electron chi connectivity index (χ2n) is 5.91. The van der Waals surface area contributed by atoms with Gasteiger partial charge in [0.05, 0.1) is 0 Å². The molecule has 0 unspecified atom stereocenters. The molecule has 1 heterocycles. The van der Waals surface area contributed by atoms with Gasteiger partial charge in [-0.05, 0) is 41.8 Å². The average Bonchev–Trinajstić information content (AvgIpc) is 2.60. The lowest BCUT2D eigenvalue weighted by Gasteiger charge is -2.22. The Morgan fingerprint density at radius 3 is 2.48 bits per heavy atom. The number of nitrogens with zero attached hydrogens (tertiary/aromatic N) is 1. The van der Waals surface area contributed by atoms with Crippen LogP contribution in [0.15, 0.2) is 48.8 Å². The highest BCUT2D eigenvalue weighted by atomic mass is 35.5. The molecule has 0 aliphatic heterocycles. The van der Waals surface area contributed by atoms with Crippen LogP contribution in [0.4, 0.5) is 10.5 Å². The molecule has 3 N–H and O–H groups in total. The number of hydrogen-bond donors (Lipinski definition) is 3. The maximum atomic E-state index is 12.4. The number of aromatic nitrogens is 1. The molecule has 0 spiro atoms. The number of carbonyl (C=O) groups is 2. The van der Waals surface area contributed by atoms with Crippen molar-refractivity contribution in [2.45, 2.75) is 26.4 Å². The van der Waals surface area contributed by atoms with Gasteiger partial charge in [0, 0.05) is 29.6 Å². The Kier molecular flexibility index (Phi) is 6.77. The molecule has 7 heteroatoms. The van der Waals surface area contributed by atoms with Crippen LogP contribution in [-0.2, 0) is 11.3 Å². The van der Waals surface area contributed by atoms with E-state index in [0.717, 1.165) is 5.56 Å².